The van der Waals surface area contributed by atoms with Crippen molar-refractivity contribution in [2.24, 2.45) is 5.92 Å². The van der Waals surface area contributed by atoms with Crippen molar-refractivity contribution in [3.8, 4) is 0 Å². The molecule has 0 amide bonds. The summed E-state index contributed by atoms with van der Waals surface area (Å²) in [6, 6.07) is 3.05. The minimum atomic E-state index is 0.153. The molecule has 0 aromatic carbocycles. The van der Waals surface area contributed by atoms with Gasteiger partial charge >= 0.3 is 0 Å². The number of hydrogen-bond acceptors (Lipinski definition) is 3. The molecule has 1 aromatic heterocycles. The van der Waals surface area contributed by atoms with Gasteiger partial charge in [0.15, 0.2) is 0 Å². The third-order valence-corrected chi connectivity index (χ3v) is 4.61. The Morgan fingerprint density at radius 3 is 2.70 bits per heavy atom. The standard InChI is InChI=1S/C17H27N3/c1-12-7-14(10-19-17(2,3)4)9-18-16(12)20-11-13-5-6-15(20)8-13/h7,9,13,15,19H,5-6,8,10-11H2,1-4H3. The van der Waals surface area contributed by atoms with Crippen LogP contribution in [0.5, 0.6) is 0 Å². The fraction of sp³-hybridized carbons (Fsp3) is 0.706. The van der Waals surface area contributed by atoms with E-state index in [4.69, 9.17) is 4.98 Å². The summed E-state index contributed by atoms with van der Waals surface area (Å²) in [6.45, 7) is 10.9. The number of piperidine rings is 1. The van der Waals surface area contributed by atoms with E-state index < -0.39 is 0 Å². The molecule has 2 fully saturated rings. The minimum absolute atomic E-state index is 0.153. The Kier molecular flexibility index (Phi) is 3.49. The predicted molar refractivity (Wildman–Crippen MR) is 84.0 cm³/mol. The summed E-state index contributed by atoms with van der Waals surface area (Å²) in [6.07, 6.45) is 6.22. The van der Waals surface area contributed by atoms with Gasteiger partial charge in [-0.15, -0.1) is 0 Å². The fourth-order valence-corrected chi connectivity index (χ4v) is 3.57. The van der Waals surface area contributed by atoms with Crippen molar-refractivity contribution in [3.63, 3.8) is 0 Å². The van der Waals surface area contributed by atoms with Crippen molar-refractivity contribution < 1.29 is 0 Å². The number of fused-ring (bicyclic) bond motifs is 2. The average Bonchev–Trinajstić information content (AvgIpc) is 2.98. The Bertz CT molecular complexity index is 489. The molecule has 1 saturated carbocycles. The first-order valence-electron chi connectivity index (χ1n) is 7.89. The first-order valence-corrected chi connectivity index (χ1v) is 7.89. The SMILES string of the molecule is Cc1cc(CNC(C)(C)C)cnc1N1CC2CCC1C2. The summed E-state index contributed by atoms with van der Waals surface area (Å²) in [4.78, 5) is 7.31. The quantitative estimate of drug-likeness (QED) is 0.916. The summed E-state index contributed by atoms with van der Waals surface area (Å²) >= 11 is 0. The number of aryl methyl sites for hydroxylation is 1. The van der Waals surface area contributed by atoms with Crippen LogP contribution >= 0.6 is 0 Å². The summed E-state index contributed by atoms with van der Waals surface area (Å²) in [5, 5.41) is 3.53. The van der Waals surface area contributed by atoms with Gasteiger partial charge < -0.3 is 10.2 Å². The summed E-state index contributed by atoms with van der Waals surface area (Å²) < 4.78 is 0. The number of pyridine rings is 1. The molecule has 3 rings (SSSR count). The zero-order valence-corrected chi connectivity index (χ0v) is 13.2. The Balaban J connectivity index is 1.71. The van der Waals surface area contributed by atoms with E-state index in [1.807, 2.05) is 6.20 Å². The van der Waals surface area contributed by atoms with E-state index in [9.17, 15) is 0 Å². The molecule has 2 heterocycles. The molecule has 110 valence electrons. The third kappa shape index (κ3) is 2.83. The van der Waals surface area contributed by atoms with Crippen LogP contribution in [0.25, 0.3) is 0 Å². The van der Waals surface area contributed by atoms with Gasteiger partial charge in [0.2, 0.25) is 0 Å². The molecule has 0 spiro atoms. The number of aromatic nitrogens is 1. The highest BCUT2D eigenvalue weighted by molar-refractivity contribution is 5.50. The van der Waals surface area contributed by atoms with Gasteiger partial charge in [0.05, 0.1) is 0 Å². The number of anilines is 1. The van der Waals surface area contributed by atoms with Crippen molar-refractivity contribution in [1.29, 1.82) is 0 Å². The molecule has 1 aliphatic heterocycles. The van der Waals surface area contributed by atoms with Gasteiger partial charge in [-0.3, -0.25) is 0 Å². The van der Waals surface area contributed by atoms with Gasteiger partial charge in [-0.2, -0.15) is 0 Å². The molecule has 1 aromatic rings. The molecule has 2 unspecified atom stereocenters. The van der Waals surface area contributed by atoms with Crippen LogP contribution in [-0.4, -0.2) is 23.1 Å². The molecule has 3 nitrogen and oxygen atoms in total. The van der Waals surface area contributed by atoms with Crippen LogP contribution in [0.4, 0.5) is 5.82 Å². The maximum atomic E-state index is 4.77. The lowest BCUT2D eigenvalue weighted by molar-refractivity contribution is 0.424. The lowest BCUT2D eigenvalue weighted by atomic mass is 10.1. The van der Waals surface area contributed by atoms with Gasteiger partial charge in [-0.1, -0.05) is 0 Å². The van der Waals surface area contributed by atoms with Crippen molar-refractivity contribution >= 4 is 5.82 Å². The zero-order valence-electron chi connectivity index (χ0n) is 13.2. The van der Waals surface area contributed by atoms with E-state index in [1.165, 1.54) is 42.8 Å². The zero-order chi connectivity index (χ0) is 14.3. The Labute approximate surface area is 122 Å². The summed E-state index contributed by atoms with van der Waals surface area (Å²) in [5.41, 5.74) is 2.76. The topological polar surface area (TPSA) is 28.2 Å². The number of rotatable bonds is 3. The van der Waals surface area contributed by atoms with E-state index in [1.54, 1.807) is 0 Å². The highest BCUT2D eigenvalue weighted by Crippen LogP contribution is 2.40. The minimum Gasteiger partial charge on any atom is -0.353 e. The molecule has 0 radical (unpaired) electrons. The molecule has 3 heteroatoms. The van der Waals surface area contributed by atoms with E-state index >= 15 is 0 Å². The molecular weight excluding hydrogens is 246 g/mol. The van der Waals surface area contributed by atoms with Crippen LogP contribution in [0.2, 0.25) is 0 Å². The highest BCUT2D eigenvalue weighted by Gasteiger charge is 2.38. The van der Waals surface area contributed by atoms with Gasteiger partial charge in [-0.05, 0) is 70.1 Å². The van der Waals surface area contributed by atoms with Crippen molar-refractivity contribution in [2.45, 2.75) is 65.1 Å². The number of hydrogen-bond donors (Lipinski definition) is 1. The second-order valence-electron chi connectivity index (χ2n) is 7.57. The number of nitrogens with zero attached hydrogens (tertiary/aromatic N) is 2. The largest absolute Gasteiger partial charge is 0.353 e. The molecule has 2 bridgehead atoms. The maximum absolute atomic E-state index is 4.77. The third-order valence-electron chi connectivity index (χ3n) is 4.61. The monoisotopic (exact) mass is 273 g/mol. The van der Waals surface area contributed by atoms with Crippen molar-refractivity contribution in [3.05, 3.63) is 23.4 Å². The lowest BCUT2D eigenvalue weighted by Gasteiger charge is -2.29. The smallest absolute Gasteiger partial charge is 0.131 e. The average molecular weight is 273 g/mol. The van der Waals surface area contributed by atoms with E-state index in [0.717, 1.165) is 18.5 Å². The molecule has 20 heavy (non-hydrogen) atoms. The lowest BCUT2D eigenvalue weighted by Crippen LogP contribution is -2.35. The molecule has 1 saturated heterocycles. The number of nitrogens with one attached hydrogen (secondary N) is 1. The second kappa shape index (κ2) is 5.03. The van der Waals surface area contributed by atoms with E-state index in [2.05, 4.69) is 44.0 Å². The van der Waals surface area contributed by atoms with Gasteiger partial charge in [-0.25, -0.2) is 4.98 Å². The normalized spacial score (nSPS) is 25.5. The summed E-state index contributed by atoms with van der Waals surface area (Å²) in [5.74, 6) is 2.14. The molecule has 1 aliphatic carbocycles. The Morgan fingerprint density at radius 1 is 1.35 bits per heavy atom. The van der Waals surface area contributed by atoms with Crippen LogP contribution in [-0.2, 0) is 6.54 Å². The van der Waals surface area contributed by atoms with Crippen LogP contribution in [0.15, 0.2) is 12.3 Å². The van der Waals surface area contributed by atoms with Crippen LogP contribution in [0, 0.1) is 12.8 Å². The first kappa shape index (κ1) is 13.9. The van der Waals surface area contributed by atoms with Gasteiger partial charge in [0.1, 0.15) is 5.82 Å². The van der Waals surface area contributed by atoms with Crippen LogP contribution in [0.3, 0.4) is 0 Å². The Hall–Kier alpha value is -1.09. The fourth-order valence-electron chi connectivity index (χ4n) is 3.57. The predicted octanol–water partition coefficient (Wildman–Crippen LogP) is 3.27. The molecule has 1 N–H and O–H groups in total. The van der Waals surface area contributed by atoms with Gasteiger partial charge in [0, 0.05) is 30.9 Å². The van der Waals surface area contributed by atoms with E-state index in [0.29, 0.717) is 0 Å². The van der Waals surface area contributed by atoms with Crippen LogP contribution in [0.1, 0.15) is 51.2 Å². The van der Waals surface area contributed by atoms with Gasteiger partial charge in [0.25, 0.3) is 0 Å². The first-order chi connectivity index (χ1) is 9.42. The van der Waals surface area contributed by atoms with Crippen molar-refractivity contribution in [1.82, 2.24) is 10.3 Å². The van der Waals surface area contributed by atoms with Crippen LogP contribution < -0.4 is 10.2 Å². The summed E-state index contributed by atoms with van der Waals surface area (Å²) in [7, 11) is 0. The second-order valence-corrected chi connectivity index (χ2v) is 7.57. The molecule has 2 atom stereocenters. The Morgan fingerprint density at radius 2 is 2.15 bits per heavy atom. The molecule has 2 aliphatic rings. The maximum Gasteiger partial charge on any atom is 0.131 e. The van der Waals surface area contributed by atoms with Crippen molar-refractivity contribution in [2.75, 3.05) is 11.4 Å². The molecular formula is C17H27N3. The van der Waals surface area contributed by atoms with E-state index in [-0.39, 0.29) is 5.54 Å². The highest BCUT2D eigenvalue weighted by atomic mass is 15.2.